The molecule has 0 aliphatic rings. The molecule has 2 aromatic rings. The standard InChI is InChI=1S/C15H19ClN4O/c1-10-7-12(19(2)3)6-5-11(10)8-17-13-9-18-20(4)15(21)14(13)16/h5-7,9,17H,8H2,1-4H3. The number of nitrogens with one attached hydrogen (secondary N) is 1. The third-order valence-electron chi connectivity index (χ3n) is 3.39. The lowest BCUT2D eigenvalue weighted by molar-refractivity contribution is 0.708. The van der Waals surface area contributed by atoms with E-state index in [0.29, 0.717) is 12.2 Å². The van der Waals surface area contributed by atoms with Crippen LogP contribution in [0.2, 0.25) is 5.02 Å². The van der Waals surface area contributed by atoms with Crippen LogP contribution in [-0.2, 0) is 13.6 Å². The van der Waals surface area contributed by atoms with Crippen molar-refractivity contribution in [1.82, 2.24) is 9.78 Å². The Bertz CT molecular complexity index is 709. The summed E-state index contributed by atoms with van der Waals surface area (Å²) in [5, 5.41) is 7.29. The van der Waals surface area contributed by atoms with E-state index in [-0.39, 0.29) is 10.6 Å². The summed E-state index contributed by atoms with van der Waals surface area (Å²) >= 11 is 6.03. The van der Waals surface area contributed by atoms with Gasteiger partial charge in [-0.3, -0.25) is 4.79 Å². The molecule has 21 heavy (non-hydrogen) atoms. The first-order chi connectivity index (χ1) is 9.90. The zero-order chi connectivity index (χ0) is 15.6. The number of aromatic nitrogens is 2. The average molecular weight is 307 g/mol. The highest BCUT2D eigenvalue weighted by Crippen LogP contribution is 2.20. The van der Waals surface area contributed by atoms with Gasteiger partial charge >= 0.3 is 0 Å². The van der Waals surface area contributed by atoms with Crippen molar-refractivity contribution in [2.24, 2.45) is 7.05 Å². The molecule has 1 heterocycles. The summed E-state index contributed by atoms with van der Waals surface area (Å²) in [5.74, 6) is 0. The second-order valence-electron chi connectivity index (χ2n) is 5.16. The van der Waals surface area contributed by atoms with Gasteiger partial charge < -0.3 is 10.2 Å². The predicted octanol–water partition coefficient (Wildman–Crippen LogP) is 2.42. The van der Waals surface area contributed by atoms with Crippen LogP contribution in [0.4, 0.5) is 11.4 Å². The highest BCUT2D eigenvalue weighted by molar-refractivity contribution is 6.32. The van der Waals surface area contributed by atoms with E-state index >= 15 is 0 Å². The first-order valence-electron chi connectivity index (χ1n) is 6.62. The van der Waals surface area contributed by atoms with Crippen molar-refractivity contribution in [1.29, 1.82) is 0 Å². The van der Waals surface area contributed by atoms with E-state index in [2.05, 4.69) is 40.4 Å². The van der Waals surface area contributed by atoms with Crippen molar-refractivity contribution in [2.75, 3.05) is 24.3 Å². The van der Waals surface area contributed by atoms with Crippen LogP contribution in [0, 0.1) is 6.92 Å². The maximum Gasteiger partial charge on any atom is 0.287 e. The number of nitrogens with zero attached hydrogens (tertiary/aromatic N) is 3. The molecule has 0 saturated carbocycles. The first kappa shape index (κ1) is 15.4. The number of anilines is 2. The summed E-state index contributed by atoms with van der Waals surface area (Å²) in [4.78, 5) is 13.8. The summed E-state index contributed by atoms with van der Waals surface area (Å²) < 4.78 is 1.21. The normalized spacial score (nSPS) is 10.5. The zero-order valence-corrected chi connectivity index (χ0v) is 13.4. The molecule has 2 rings (SSSR count). The molecule has 5 nitrogen and oxygen atoms in total. The lowest BCUT2D eigenvalue weighted by Gasteiger charge is -2.16. The second kappa shape index (κ2) is 6.18. The smallest absolute Gasteiger partial charge is 0.287 e. The molecule has 0 radical (unpaired) electrons. The molecule has 0 atom stereocenters. The van der Waals surface area contributed by atoms with Gasteiger partial charge in [0.25, 0.3) is 5.56 Å². The predicted molar refractivity (Wildman–Crippen MR) is 87.3 cm³/mol. The van der Waals surface area contributed by atoms with Gasteiger partial charge in [0, 0.05) is 33.4 Å². The van der Waals surface area contributed by atoms with Gasteiger partial charge in [0.2, 0.25) is 0 Å². The van der Waals surface area contributed by atoms with Crippen LogP contribution in [0.1, 0.15) is 11.1 Å². The number of halogens is 1. The fourth-order valence-electron chi connectivity index (χ4n) is 1.98. The molecule has 1 N–H and O–H groups in total. The van der Waals surface area contributed by atoms with E-state index in [0.717, 1.165) is 11.3 Å². The fraction of sp³-hybridized carbons (Fsp3) is 0.333. The largest absolute Gasteiger partial charge is 0.378 e. The molecule has 0 aliphatic heterocycles. The number of rotatable bonds is 4. The molecule has 112 valence electrons. The molecular weight excluding hydrogens is 288 g/mol. The Kier molecular flexibility index (Phi) is 4.53. The number of hydrogen-bond donors (Lipinski definition) is 1. The van der Waals surface area contributed by atoms with E-state index in [9.17, 15) is 4.79 Å². The lowest BCUT2D eigenvalue weighted by Crippen LogP contribution is -2.21. The molecular formula is C15H19ClN4O. The van der Waals surface area contributed by atoms with Crippen LogP contribution < -0.4 is 15.8 Å². The Hall–Kier alpha value is -2.01. The summed E-state index contributed by atoms with van der Waals surface area (Å²) in [6.07, 6.45) is 1.56. The summed E-state index contributed by atoms with van der Waals surface area (Å²) in [5.41, 5.74) is 3.74. The topological polar surface area (TPSA) is 50.2 Å². The molecule has 1 aromatic heterocycles. The molecule has 0 spiro atoms. The SMILES string of the molecule is Cc1cc(N(C)C)ccc1CNc1cnn(C)c(=O)c1Cl. The van der Waals surface area contributed by atoms with Crippen molar-refractivity contribution in [3.63, 3.8) is 0 Å². The Labute approximate surface area is 129 Å². The van der Waals surface area contributed by atoms with Gasteiger partial charge in [-0.25, -0.2) is 4.68 Å². The molecule has 0 unspecified atom stereocenters. The zero-order valence-electron chi connectivity index (χ0n) is 12.6. The van der Waals surface area contributed by atoms with E-state index in [1.165, 1.54) is 10.2 Å². The average Bonchev–Trinajstić information content (AvgIpc) is 2.45. The van der Waals surface area contributed by atoms with Gasteiger partial charge in [0.15, 0.2) is 0 Å². The van der Waals surface area contributed by atoms with E-state index < -0.39 is 0 Å². The van der Waals surface area contributed by atoms with Crippen LogP contribution >= 0.6 is 11.6 Å². The molecule has 6 heteroatoms. The fourth-order valence-corrected chi connectivity index (χ4v) is 2.22. The molecule has 0 saturated heterocycles. The monoisotopic (exact) mass is 306 g/mol. The van der Waals surface area contributed by atoms with Crippen molar-refractivity contribution in [3.8, 4) is 0 Å². The van der Waals surface area contributed by atoms with Gasteiger partial charge in [-0.15, -0.1) is 0 Å². The molecule has 0 bridgehead atoms. The van der Waals surface area contributed by atoms with Crippen molar-refractivity contribution in [2.45, 2.75) is 13.5 Å². The first-order valence-corrected chi connectivity index (χ1v) is 7.00. The minimum Gasteiger partial charge on any atom is -0.378 e. The quantitative estimate of drug-likeness (QED) is 0.942. The summed E-state index contributed by atoms with van der Waals surface area (Å²) in [6, 6.07) is 6.26. The summed E-state index contributed by atoms with van der Waals surface area (Å²) in [6.45, 7) is 2.65. The van der Waals surface area contributed by atoms with E-state index in [4.69, 9.17) is 11.6 Å². The van der Waals surface area contributed by atoms with Gasteiger partial charge in [-0.1, -0.05) is 17.7 Å². The molecule has 0 amide bonds. The Morgan fingerprint density at radius 2 is 2.10 bits per heavy atom. The number of benzene rings is 1. The van der Waals surface area contributed by atoms with Crippen molar-refractivity contribution >= 4 is 23.0 Å². The third kappa shape index (κ3) is 3.36. The Morgan fingerprint density at radius 3 is 2.71 bits per heavy atom. The van der Waals surface area contributed by atoms with Crippen LogP contribution in [0.3, 0.4) is 0 Å². The number of aryl methyl sites for hydroxylation is 2. The highest BCUT2D eigenvalue weighted by Gasteiger charge is 2.08. The van der Waals surface area contributed by atoms with E-state index in [1.54, 1.807) is 13.2 Å². The van der Waals surface area contributed by atoms with Gasteiger partial charge in [-0.05, 0) is 30.2 Å². The molecule has 1 aromatic carbocycles. The highest BCUT2D eigenvalue weighted by atomic mass is 35.5. The summed E-state index contributed by atoms with van der Waals surface area (Å²) in [7, 11) is 5.60. The lowest BCUT2D eigenvalue weighted by atomic mass is 10.1. The molecule has 0 aliphatic carbocycles. The van der Waals surface area contributed by atoms with Gasteiger partial charge in [-0.2, -0.15) is 5.10 Å². The Balaban J connectivity index is 2.17. The maximum absolute atomic E-state index is 11.7. The number of hydrogen-bond acceptors (Lipinski definition) is 4. The minimum atomic E-state index is -0.304. The van der Waals surface area contributed by atoms with Crippen molar-refractivity contribution in [3.05, 3.63) is 50.9 Å². The van der Waals surface area contributed by atoms with Crippen LogP contribution in [0.5, 0.6) is 0 Å². The third-order valence-corrected chi connectivity index (χ3v) is 3.76. The second-order valence-corrected chi connectivity index (χ2v) is 5.54. The molecule has 0 fully saturated rings. The maximum atomic E-state index is 11.7. The van der Waals surface area contributed by atoms with Crippen LogP contribution in [0.25, 0.3) is 0 Å². The van der Waals surface area contributed by atoms with Crippen LogP contribution in [-0.4, -0.2) is 23.9 Å². The Morgan fingerprint density at radius 1 is 1.38 bits per heavy atom. The van der Waals surface area contributed by atoms with Crippen molar-refractivity contribution < 1.29 is 0 Å². The minimum absolute atomic E-state index is 0.162. The van der Waals surface area contributed by atoms with Gasteiger partial charge in [0.05, 0.1) is 11.9 Å². The van der Waals surface area contributed by atoms with Gasteiger partial charge in [0.1, 0.15) is 5.02 Å². The van der Waals surface area contributed by atoms with Crippen LogP contribution in [0.15, 0.2) is 29.2 Å². The van der Waals surface area contributed by atoms with E-state index in [1.807, 2.05) is 14.1 Å².